The average molecular weight is 329 g/mol. The van der Waals surface area contributed by atoms with Crippen molar-refractivity contribution >= 4 is 28.3 Å². The lowest BCUT2D eigenvalue weighted by atomic mass is 9.91. The molecule has 0 saturated carbocycles. The van der Waals surface area contributed by atoms with Gasteiger partial charge in [0.15, 0.2) is 0 Å². The lowest BCUT2D eigenvalue weighted by molar-refractivity contribution is 0.0934. The molecule has 2 heterocycles. The Balaban J connectivity index is 2.12. The Kier molecular flexibility index (Phi) is 5.04. The van der Waals surface area contributed by atoms with E-state index in [1.54, 1.807) is 12.1 Å². The summed E-state index contributed by atoms with van der Waals surface area (Å²) >= 11 is 6.03. The van der Waals surface area contributed by atoms with Crippen LogP contribution in [0.1, 0.15) is 49.7 Å². The van der Waals surface area contributed by atoms with E-state index in [1.807, 2.05) is 20.8 Å². The number of hydrogen-bond donors (Lipinski definition) is 1. The third kappa shape index (κ3) is 4.51. The molecule has 0 aliphatic carbocycles. The maximum atomic E-state index is 12.4. The van der Waals surface area contributed by atoms with Crippen LogP contribution in [0.25, 0.3) is 0 Å². The summed E-state index contributed by atoms with van der Waals surface area (Å²) in [6, 6.07) is 3.48. The lowest BCUT2D eigenvalue weighted by Gasteiger charge is -2.23. The Bertz CT molecular complexity index is 559. The number of hydrogen-bond acceptors (Lipinski definition) is 3. The minimum atomic E-state index is -0.722. The molecule has 0 atom stereocenters. The number of carbonyl (C=O) groups is 1. The first-order chi connectivity index (χ1) is 9.75. The molecule has 116 valence electrons. The molecule has 0 unspecified atom stereocenters. The van der Waals surface area contributed by atoms with Gasteiger partial charge in [0.1, 0.15) is 5.15 Å². The molecule has 1 aromatic heterocycles. The van der Waals surface area contributed by atoms with Crippen molar-refractivity contribution in [3.8, 4) is 0 Å². The zero-order valence-electron chi connectivity index (χ0n) is 12.6. The van der Waals surface area contributed by atoms with Crippen LogP contribution in [-0.2, 0) is 16.2 Å². The van der Waals surface area contributed by atoms with E-state index >= 15 is 0 Å². The van der Waals surface area contributed by atoms with Crippen molar-refractivity contribution in [1.29, 1.82) is 0 Å². The van der Waals surface area contributed by atoms with Crippen molar-refractivity contribution in [3.63, 3.8) is 0 Å². The van der Waals surface area contributed by atoms with Gasteiger partial charge in [0.25, 0.3) is 5.91 Å². The lowest BCUT2D eigenvalue weighted by Crippen LogP contribution is -2.39. The summed E-state index contributed by atoms with van der Waals surface area (Å²) in [5.74, 6) is 1.19. The summed E-state index contributed by atoms with van der Waals surface area (Å²) in [6.45, 7) is 6.09. The molecule has 2 rings (SSSR count). The number of nitrogens with zero attached hydrogens (tertiary/aromatic N) is 1. The van der Waals surface area contributed by atoms with E-state index in [0.717, 1.165) is 18.5 Å². The first-order valence-electron chi connectivity index (χ1n) is 7.09. The SMILES string of the molecule is CC(C)(C)c1cc(C(=O)NC2CCS(=O)CC2)cc(Cl)n1. The van der Waals surface area contributed by atoms with Gasteiger partial charge in [-0.25, -0.2) is 4.98 Å². The normalized spacial score (nSPS) is 22.9. The Hall–Kier alpha value is -0.940. The smallest absolute Gasteiger partial charge is 0.251 e. The number of carbonyl (C=O) groups excluding carboxylic acids is 1. The molecule has 1 aliphatic heterocycles. The van der Waals surface area contributed by atoms with Crippen molar-refractivity contribution in [2.75, 3.05) is 11.5 Å². The number of amides is 1. The Morgan fingerprint density at radius 3 is 2.52 bits per heavy atom. The van der Waals surface area contributed by atoms with E-state index in [-0.39, 0.29) is 17.4 Å². The van der Waals surface area contributed by atoms with Crippen molar-refractivity contribution < 1.29 is 9.00 Å². The molecule has 4 nitrogen and oxygen atoms in total. The van der Waals surface area contributed by atoms with Gasteiger partial charge in [0, 0.05) is 45.0 Å². The molecule has 0 radical (unpaired) electrons. The van der Waals surface area contributed by atoms with E-state index in [2.05, 4.69) is 10.3 Å². The minimum Gasteiger partial charge on any atom is -0.349 e. The van der Waals surface area contributed by atoms with Crippen LogP contribution in [0.15, 0.2) is 12.1 Å². The highest BCUT2D eigenvalue weighted by atomic mass is 35.5. The van der Waals surface area contributed by atoms with Crippen molar-refractivity contribution in [2.24, 2.45) is 0 Å². The topological polar surface area (TPSA) is 59.1 Å². The van der Waals surface area contributed by atoms with E-state index in [1.165, 1.54) is 0 Å². The van der Waals surface area contributed by atoms with E-state index in [9.17, 15) is 9.00 Å². The fourth-order valence-electron chi connectivity index (χ4n) is 2.22. The summed E-state index contributed by atoms with van der Waals surface area (Å²) in [5, 5.41) is 3.33. The monoisotopic (exact) mass is 328 g/mol. The average Bonchev–Trinajstić information content (AvgIpc) is 2.39. The molecule has 6 heteroatoms. The van der Waals surface area contributed by atoms with Gasteiger partial charge < -0.3 is 5.32 Å². The first kappa shape index (κ1) is 16.4. The van der Waals surface area contributed by atoms with Crippen molar-refractivity contribution in [3.05, 3.63) is 28.5 Å². The Morgan fingerprint density at radius 1 is 1.33 bits per heavy atom. The highest BCUT2D eigenvalue weighted by molar-refractivity contribution is 7.85. The third-order valence-electron chi connectivity index (χ3n) is 3.55. The van der Waals surface area contributed by atoms with Crippen LogP contribution in [0.3, 0.4) is 0 Å². The molecule has 21 heavy (non-hydrogen) atoms. The van der Waals surface area contributed by atoms with Crippen LogP contribution in [0.5, 0.6) is 0 Å². The first-order valence-corrected chi connectivity index (χ1v) is 8.96. The van der Waals surface area contributed by atoms with Gasteiger partial charge >= 0.3 is 0 Å². The third-order valence-corrected chi connectivity index (χ3v) is 5.12. The molecule has 1 amide bonds. The fourth-order valence-corrected chi connectivity index (χ4v) is 3.73. The summed E-state index contributed by atoms with van der Waals surface area (Å²) < 4.78 is 11.3. The number of aromatic nitrogens is 1. The minimum absolute atomic E-state index is 0.0974. The number of nitrogens with one attached hydrogen (secondary N) is 1. The summed E-state index contributed by atoms with van der Waals surface area (Å²) in [7, 11) is -0.722. The second-order valence-corrected chi connectivity index (χ2v) is 8.49. The van der Waals surface area contributed by atoms with Crippen LogP contribution < -0.4 is 5.32 Å². The maximum absolute atomic E-state index is 12.4. The summed E-state index contributed by atoms with van der Waals surface area (Å²) in [6.07, 6.45) is 1.53. The number of rotatable bonds is 2. The molecule has 1 saturated heterocycles. The number of pyridine rings is 1. The van der Waals surface area contributed by atoms with Gasteiger partial charge in [-0.1, -0.05) is 32.4 Å². The summed E-state index contributed by atoms with van der Waals surface area (Å²) in [5.41, 5.74) is 1.17. The van der Waals surface area contributed by atoms with E-state index < -0.39 is 10.8 Å². The van der Waals surface area contributed by atoms with E-state index in [4.69, 9.17) is 11.6 Å². The molecule has 1 fully saturated rings. The second-order valence-electron chi connectivity index (χ2n) is 6.41. The molecular formula is C15H21ClN2O2S. The Morgan fingerprint density at radius 2 is 1.95 bits per heavy atom. The Labute approximate surface area is 133 Å². The van der Waals surface area contributed by atoms with Crippen LogP contribution in [0.4, 0.5) is 0 Å². The summed E-state index contributed by atoms with van der Waals surface area (Å²) in [4.78, 5) is 16.6. The predicted molar refractivity (Wildman–Crippen MR) is 86.3 cm³/mol. The molecular weight excluding hydrogens is 308 g/mol. The van der Waals surface area contributed by atoms with Gasteiger partial charge in [-0.15, -0.1) is 0 Å². The van der Waals surface area contributed by atoms with Crippen LogP contribution in [-0.4, -0.2) is 32.6 Å². The van der Waals surface area contributed by atoms with Gasteiger partial charge in [0.05, 0.1) is 0 Å². The molecule has 0 spiro atoms. The quantitative estimate of drug-likeness (QED) is 0.849. The van der Waals surface area contributed by atoms with Gasteiger partial charge in [0.2, 0.25) is 0 Å². The second kappa shape index (κ2) is 6.44. The van der Waals surface area contributed by atoms with Crippen LogP contribution >= 0.6 is 11.6 Å². The molecule has 1 aromatic rings. The highest BCUT2D eigenvalue weighted by Gasteiger charge is 2.22. The molecule has 1 aliphatic rings. The van der Waals surface area contributed by atoms with Crippen molar-refractivity contribution in [2.45, 2.75) is 45.1 Å². The van der Waals surface area contributed by atoms with Gasteiger partial charge in [-0.05, 0) is 25.0 Å². The van der Waals surface area contributed by atoms with Crippen LogP contribution in [0, 0.1) is 0 Å². The van der Waals surface area contributed by atoms with Gasteiger partial charge in [-0.3, -0.25) is 9.00 Å². The zero-order valence-corrected chi connectivity index (χ0v) is 14.2. The zero-order chi connectivity index (χ0) is 15.6. The van der Waals surface area contributed by atoms with E-state index in [0.29, 0.717) is 22.2 Å². The van der Waals surface area contributed by atoms with Gasteiger partial charge in [-0.2, -0.15) is 0 Å². The molecule has 0 bridgehead atoms. The largest absolute Gasteiger partial charge is 0.349 e. The number of halogens is 1. The van der Waals surface area contributed by atoms with Crippen molar-refractivity contribution in [1.82, 2.24) is 10.3 Å². The molecule has 0 aromatic carbocycles. The molecule has 1 N–H and O–H groups in total. The highest BCUT2D eigenvalue weighted by Crippen LogP contribution is 2.23. The fraction of sp³-hybridized carbons (Fsp3) is 0.600. The predicted octanol–water partition coefficient (Wildman–Crippen LogP) is 2.67. The standard InChI is InChI=1S/C15H21ClN2O2S/c1-15(2,3)12-8-10(9-13(16)18-12)14(19)17-11-4-6-21(20)7-5-11/h8-9,11H,4-7H2,1-3H3,(H,17,19). The maximum Gasteiger partial charge on any atom is 0.251 e. The van der Waals surface area contributed by atoms with Crippen LogP contribution in [0.2, 0.25) is 5.15 Å².